The zero-order valence-electron chi connectivity index (χ0n) is 20.0. The molecule has 0 fully saturated rings. The Kier molecular flexibility index (Phi) is 8.22. The maximum Gasteiger partial charge on any atom is 0.237 e. The number of nitrogens with zero attached hydrogens (tertiary/aromatic N) is 3. The highest BCUT2D eigenvalue weighted by Crippen LogP contribution is 2.26. The van der Waals surface area contributed by atoms with Crippen LogP contribution in [0.4, 0.5) is 11.4 Å². The third-order valence-corrected chi connectivity index (χ3v) is 6.88. The monoisotopic (exact) mass is 479 g/mol. The number of aromatic nitrogens is 3. The smallest absolute Gasteiger partial charge is 0.237 e. The minimum Gasteiger partial charge on any atom is -0.326 e. The first kappa shape index (κ1) is 25.2. The van der Waals surface area contributed by atoms with Crippen molar-refractivity contribution in [2.24, 2.45) is 7.05 Å². The number of thioether (sulfide) groups is 1. The minimum absolute atomic E-state index is 0.0642. The van der Waals surface area contributed by atoms with Gasteiger partial charge in [0.2, 0.25) is 11.8 Å². The van der Waals surface area contributed by atoms with Crippen molar-refractivity contribution in [3.05, 3.63) is 65.0 Å². The highest BCUT2D eigenvalue weighted by atomic mass is 32.2. The van der Waals surface area contributed by atoms with Crippen molar-refractivity contribution in [1.82, 2.24) is 14.8 Å². The molecule has 9 heteroatoms. The molecule has 1 aromatic heterocycles. The average Bonchev–Trinajstić information content (AvgIpc) is 3.13. The van der Waals surface area contributed by atoms with E-state index in [9.17, 15) is 14.4 Å². The second-order valence-corrected chi connectivity index (χ2v) is 9.29. The largest absolute Gasteiger partial charge is 0.326 e. The fraction of sp³-hybridized carbons (Fsp3) is 0.320. The zero-order valence-corrected chi connectivity index (χ0v) is 20.8. The Labute approximate surface area is 203 Å². The highest BCUT2D eigenvalue weighted by Gasteiger charge is 2.22. The van der Waals surface area contributed by atoms with Crippen LogP contribution in [-0.4, -0.2) is 37.6 Å². The summed E-state index contributed by atoms with van der Waals surface area (Å²) in [5, 5.41) is 14.2. The van der Waals surface area contributed by atoms with Crippen LogP contribution in [0.2, 0.25) is 0 Å². The van der Waals surface area contributed by atoms with E-state index in [1.165, 1.54) is 18.7 Å². The maximum absolute atomic E-state index is 12.8. The van der Waals surface area contributed by atoms with E-state index in [2.05, 4.69) is 20.8 Å². The lowest BCUT2D eigenvalue weighted by atomic mass is 10.1. The molecule has 1 heterocycles. The van der Waals surface area contributed by atoms with Gasteiger partial charge in [-0.25, -0.2) is 0 Å². The van der Waals surface area contributed by atoms with E-state index in [4.69, 9.17) is 0 Å². The Morgan fingerprint density at radius 1 is 1.00 bits per heavy atom. The fourth-order valence-electron chi connectivity index (χ4n) is 3.26. The van der Waals surface area contributed by atoms with E-state index in [1.807, 2.05) is 39.0 Å². The Bertz CT molecular complexity index is 1220. The minimum atomic E-state index is -0.416. The van der Waals surface area contributed by atoms with Crippen molar-refractivity contribution in [1.29, 1.82) is 0 Å². The summed E-state index contributed by atoms with van der Waals surface area (Å²) in [7, 11) is 1.78. The summed E-state index contributed by atoms with van der Waals surface area (Å²) in [5.41, 5.74) is 4.11. The molecule has 0 radical (unpaired) electrons. The topological polar surface area (TPSA) is 106 Å². The van der Waals surface area contributed by atoms with E-state index in [0.29, 0.717) is 28.7 Å². The molecule has 0 unspecified atom stereocenters. The molecule has 0 spiro atoms. The number of benzene rings is 2. The molecular weight excluding hydrogens is 450 g/mol. The number of amides is 2. The molecule has 34 heavy (non-hydrogen) atoms. The SMILES string of the molecule is CC[C@@H](Sc1nnc(CC(=O)Nc2ccc(C)c(C)c2)n1C)C(=O)Nc1cccc(C(C)=O)c1. The van der Waals surface area contributed by atoms with E-state index < -0.39 is 5.25 Å². The summed E-state index contributed by atoms with van der Waals surface area (Å²) >= 11 is 1.29. The fourth-order valence-corrected chi connectivity index (χ4v) is 4.20. The first-order valence-electron chi connectivity index (χ1n) is 11.0. The number of anilines is 2. The number of rotatable bonds is 9. The normalized spacial score (nSPS) is 11.7. The van der Waals surface area contributed by atoms with Crippen LogP contribution < -0.4 is 10.6 Å². The molecule has 0 saturated carbocycles. The lowest BCUT2D eigenvalue weighted by molar-refractivity contribution is -0.116. The van der Waals surface area contributed by atoms with Gasteiger partial charge < -0.3 is 15.2 Å². The third kappa shape index (κ3) is 6.32. The van der Waals surface area contributed by atoms with Crippen LogP contribution in [0.15, 0.2) is 47.6 Å². The molecule has 2 aromatic carbocycles. The van der Waals surface area contributed by atoms with Crippen molar-refractivity contribution in [2.75, 3.05) is 10.6 Å². The van der Waals surface area contributed by atoms with Crippen molar-refractivity contribution >= 4 is 40.7 Å². The van der Waals surface area contributed by atoms with Crippen molar-refractivity contribution in [3.8, 4) is 0 Å². The highest BCUT2D eigenvalue weighted by molar-refractivity contribution is 8.00. The lowest BCUT2D eigenvalue weighted by Crippen LogP contribution is -2.25. The summed E-state index contributed by atoms with van der Waals surface area (Å²) < 4.78 is 1.73. The first-order chi connectivity index (χ1) is 16.2. The molecule has 0 aliphatic carbocycles. The molecule has 2 N–H and O–H groups in total. The average molecular weight is 480 g/mol. The van der Waals surface area contributed by atoms with Gasteiger partial charge in [0.25, 0.3) is 0 Å². The molecule has 0 saturated heterocycles. The van der Waals surface area contributed by atoms with Crippen LogP contribution in [0.25, 0.3) is 0 Å². The summed E-state index contributed by atoms with van der Waals surface area (Å²) in [6.07, 6.45) is 0.635. The quantitative estimate of drug-likeness (QED) is 0.350. The number of aryl methyl sites for hydroxylation is 2. The van der Waals surface area contributed by atoms with Crippen LogP contribution in [-0.2, 0) is 23.1 Å². The van der Waals surface area contributed by atoms with Crippen molar-refractivity contribution in [3.63, 3.8) is 0 Å². The van der Waals surface area contributed by atoms with E-state index in [1.54, 1.807) is 35.9 Å². The van der Waals surface area contributed by atoms with E-state index >= 15 is 0 Å². The molecule has 0 aliphatic rings. The van der Waals surface area contributed by atoms with Crippen LogP contribution in [0.5, 0.6) is 0 Å². The summed E-state index contributed by atoms with van der Waals surface area (Å²) in [6, 6.07) is 12.6. The van der Waals surface area contributed by atoms with Gasteiger partial charge in [0.05, 0.1) is 11.7 Å². The van der Waals surface area contributed by atoms with Gasteiger partial charge in [-0.15, -0.1) is 10.2 Å². The first-order valence-corrected chi connectivity index (χ1v) is 11.9. The number of ketones is 1. The second kappa shape index (κ2) is 11.1. The molecule has 0 bridgehead atoms. The number of nitrogens with one attached hydrogen (secondary N) is 2. The predicted octanol–water partition coefficient (Wildman–Crippen LogP) is 4.33. The van der Waals surface area contributed by atoms with Crippen molar-refractivity contribution < 1.29 is 14.4 Å². The predicted molar refractivity (Wildman–Crippen MR) is 134 cm³/mol. The van der Waals surface area contributed by atoms with Gasteiger partial charge in [-0.05, 0) is 62.6 Å². The number of Topliss-reactive ketones (excluding diaryl/α,β-unsaturated/α-hetero) is 1. The van der Waals surface area contributed by atoms with Gasteiger partial charge in [-0.3, -0.25) is 14.4 Å². The van der Waals surface area contributed by atoms with E-state index in [0.717, 1.165) is 16.8 Å². The van der Waals surface area contributed by atoms with Gasteiger partial charge in [0.1, 0.15) is 5.82 Å². The van der Waals surface area contributed by atoms with Gasteiger partial charge in [0, 0.05) is 24.0 Å². The molecular formula is C25H29N5O3S. The van der Waals surface area contributed by atoms with Crippen LogP contribution in [0, 0.1) is 13.8 Å². The standard InChI is InChI=1S/C25H29N5O3S/c1-6-21(24(33)27-19-9-7-8-18(13-19)17(4)31)34-25-29-28-22(30(25)5)14-23(32)26-20-11-10-15(2)16(3)12-20/h7-13,21H,6,14H2,1-5H3,(H,26,32)(H,27,33)/t21-/m1/s1. The number of carbonyl (C=O) groups excluding carboxylic acids is 3. The van der Waals surface area contributed by atoms with E-state index in [-0.39, 0.29) is 24.0 Å². The van der Waals surface area contributed by atoms with Gasteiger partial charge in [-0.1, -0.05) is 36.9 Å². The van der Waals surface area contributed by atoms with Crippen LogP contribution in [0.3, 0.4) is 0 Å². The Hall–Kier alpha value is -3.46. The summed E-state index contributed by atoms with van der Waals surface area (Å²) in [5.74, 6) is 0.0645. The van der Waals surface area contributed by atoms with Crippen molar-refractivity contribution in [2.45, 2.75) is 50.9 Å². The molecule has 3 rings (SSSR count). The van der Waals surface area contributed by atoms with Gasteiger partial charge in [-0.2, -0.15) is 0 Å². The zero-order chi connectivity index (χ0) is 24.8. The van der Waals surface area contributed by atoms with Gasteiger partial charge in [0.15, 0.2) is 10.9 Å². The maximum atomic E-state index is 12.8. The number of hydrogen-bond donors (Lipinski definition) is 2. The molecule has 1 atom stereocenters. The van der Waals surface area contributed by atoms with Gasteiger partial charge >= 0.3 is 0 Å². The summed E-state index contributed by atoms with van der Waals surface area (Å²) in [4.78, 5) is 37.0. The Balaban J connectivity index is 1.63. The Morgan fingerprint density at radius 3 is 2.41 bits per heavy atom. The Morgan fingerprint density at radius 2 is 1.74 bits per heavy atom. The number of carbonyl (C=O) groups is 3. The van der Waals surface area contributed by atoms with Crippen LogP contribution in [0.1, 0.15) is 47.6 Å². The molecule has 3 aromatic rings. The third-order valence-electron chi connectivity index (χ3n) is 5.48. The molecule has 0 aliphatic heterocycles. The molecule has 178 valence electrons. The number of hydrogen-bond acceptors (Lipinski definition) is 6. The summed E-state index contributed by atoms with van der Waals surface area (Å²) in [6.45, 7) is 7.42. The molecule has 2 amide bonds. The van der Waals surface area contributed by atoms with Crippen LogP contribution >= 0.6 is 11.8 Å². The molecule has 8 nitrogen and oxygen atoms in total. The lowest BCUT2D eigenvalue weighted by Gasteiger charge is -2.14. The second-order valence-electron chi connectivity index (χ2n) is 8.12.